The standard InChI is InChI=1S/C34H40N6O6/c1-22-36-33(38-46-22)25-10-12-26(13-11-25)37-34(43)39(29(32(35)42)18-23-7-14-28(41)15-8-23)27-6-5-17-40(2,21-27)20-24-9-16-30(44-3)31(19-24)45-4/h7-16,19,27,29H,5-6,17-18,20-21H2,1-4H3,(H3-,35,37,38,41,42,43)/p+1/t27-,29+,40?/m1/s1. The largest absolute Gasteiger partial charge is 0.508 e. The predicted octanol–water partition coefficient (Wildman–Crippen LogP) is 4.51. The van der Waals surface area contributed by atoms with Gasteiger partial charge in [0.15, 0.2) is 11.5 Å². The summed E-state index contributed by atoms with van der Waals surface area (Å²) in [5, 5.41) is 16.8. The molecule has 1 aliphatic rings. The number of ether oxygens (including phenoxy) is 2. The summed E-state index contributed by atoms with van der Waals surface area (Å²) in [6.45, 7) is 3.92. The van der Waals surface area contributed by atoms with Crippen molar-refractivity contribution >= 4 is 17.6 Å². The van der Waals surface area contributed by atoms with E-state index in [2.05, 4.69) is 22.5 Å². The number of phenolic OH excluding ortho intramolecular Hbond substituents is 1. The number of quaternary nitrogens is 1. The second-order valence-corrected chi connectivity index (χ2v) is 12.0. The fraction of sp³-hybridized carbons (Fsp3) is 0.353. The zero-order valence-corrected chi connectivity index (χ0v) is 26.6. The number of likely N-dealkylation sites (N-methyl/N-ethyl adjacent to an activating group) is 1. The van der Waals surface area contributed by atoms with Crippen molar-refractivity contribution in [3.8, 4) is 28.6 Å². The second kappa shape index (κ2) is 13.9. The summed E-state index contributed by atoms with van der Waals surface area (Å²) in [6.07, 6.45) is 1.76. The monoisotopic (exact) mass is 629 g/mol. The van der Waals surface area contributed by atoms with Crippen molar-refractivity contribution in [1.29, 1.82) is 0 Å². The molecule has 242 valence electrons. The van der Waals surface area contributed by atoms with Gasteiger partial charge < -0.3 is 39.5 Å². The van der Waals surface area contributed by atoms with Gasteiger partial charge in [-0.15, -0.1) is 0 Å². The van der Waals surface area contributed by atoms with Crippen LogP contribution >= 0.6 is 0 Å². The van der Waals surface area contributed by atoms with Gasteiger partial charge >= 0.3 is 6.03 Å². The number of aryl methyl sites for hydroxylation is 1. The highest BCUT2D eigenvalue weighted by Crippen LogP contribution is 2.32. The van der Waals surface area contributed by atoms with Crippen LogP contribution in [0, 0.1) is 6.92 Å². The lowest BCUT2D eigenvalue weighted by Crippen LogP contribution is -2.62. The zero-order chi connectivity index (χ0) is 32.8. The molecular weight excluding hydrogens is 588 g/mol. The van der Waals surface area contributed by atoms with Gasteiger partial charge in [-0.1, -0.05) is 17.3 Å². The fourth-order valence-electron chi connectivity index (χ4n) is 6.25. The number of benzene rings is 3. The van der Waals surface area contributed by atoms with E-state index in [4.69, 9.17) is 19.7 Å². The number of urea groups is 1. The maximum atomic E-state index is 14.2. The number of aromatic hydroxyl groups is 1. The summed E-state index contributed by atoms with van der Waals surface area (Å²) < 4.78 is 16.7. The van der Waals surface area contributed by atoms with Crippen molar-refractivity contribution in [3.63, 3.8) is 0 Å². The Bertz CT molecular complexity index is 1660. The molecule has 3 amide bonds. The minimum Gasteiger partial charge on any atom is -0.508 e. The van der Waals surface area contributed by atoms with Crippen molar-refractivity contribution in [2.24, 2.45) is 5.73 Å². The minimum atomic E-state index is -0.927. The first kappa shape index (κ1) is 32.3. The van der Waals surface area contributed by atoms with Crippen molar-refractivity contribution < 1.29 is 33.2 Å². The van der Waals surface area contributed by atoms with E-state index in [9.17, 15) is 14.7 Å². The summed E-state index contributed by atoms with van der Waals surface area (Å²) >= 11 is 0. The number of carbonyl (C=O) groups is 2. The van der Waals surface area contributed by atoms with Crippen LogP contribution in [-0.4, -0.2) is 83.0 Å². The molecule has 12 heteroatoms. The van der Waals surface area contributed by atoms with Crippen LogP contribution in [0.15, 0.2) is 71.3 Å². The lowest BCUT2D eigenvalue weighted by atomic mass is 9.96. The highest BCUT2D eigenvalue weighted by molar-refractivity contribution is 5.94. The Kier molecular flexibility index (Phi) is 9.76. The van der Waals surface area contributed by atoms with Crippen molar-refractivity contribution in [2.75, 3.05) is 39.7 Å². The molecule has 1 saturated heterocycles. The summed E-state index contributed by atoms with van der Waals surface area (Å²) in [7, 11) is 5.39. The molecule has 1 aromatic heterocycles. The highest BCUT2D eigenvalue weighted by Gasteiger charge is 2.41. The van der Waals surface area contributed by atoms with E-state index in [-0.39, 0.29) is 18.2 Å². The molecule has 1 aliphatic heterocycles. The number of anilines is 1. The van der Waals surface area contributed by atoms with Gasteiger partial charge in [0.05, 0.1) is 40.4 Å². The Balaban J connectivity index is 1.42. The number of nitrogens with one attached hydrogen (secondary N) is 1. The van der Waals surface area contributed by atoms with Gasteiger partial charge in [0.25, 0.3) is 0 Å². The van der Waals surface area contributed by atoms with Crippen LogP contribution in [0.2, 0.25) is 0 Å². The van der Waals surface area contributed by atoms with Gasteiger partial charge in [0.2, 0.25) is 17.6 Å². The maximum Gasteiger partial charge on any atom is 0.323 e. The molecule has 12 nitrogen and oxygen atoms in total. The summed E-state index contributed by atoms with van der Waals surface area (Å²) in [5.74, 6) is 1.73. The molecule has 4 N–H and O–H groups in total. The van der Waals surface area contributed by atoms with E-state index in [0.29, 0.717) is 52.9 Å². The lowest BCUT2D eigenvalue weighted by molar-refractivity contribution is -0.928. The molecule has 46 heavy (non-hydrogen) atoms. The number of hydrogen-bond acceptors (Lipinski definition) is 8. The number of methoxy groups -OCH3 is 2. The topological polar surface area (TPSA) is 153 Å². The third-order valence-corrected chi connectivity index (χ3v) is 8.48. The number of rotatable bonds is 11. The van der Waals surface area contributed by atoms with E-state index >= 15 is 0 Å². The predicted molar refractivity (Wildman–Crippen MR) is 172 cm³/mol. The molecule has 4 aromatic rings. The molecule has 1 fully saturated rings. The quantitative estimate of drug-likeness (QED) is 0.205. The van der Waals surface area contributed by atoms with E-state index in [1.807, 2.05) is 18.2 Å². The molecule has 3 aromatic carbocycles. The van der Waals surface area contributed by atoms with E-state index < -0.39 is 18.0 Å². The van der Waals surface area contributed by atoms with Crippen molar-refractivity contribution in [1.82, 2.24) is 15.0 Å². The lowest BCUT2D eigenvalue weighted by Gasteiger charge is -2.46. The van der Waals surface area contributed by atoms with Crippen LogP contribution in [0.3, 0.4) is 0 Å². The molecule has 0 spiro atoms. The van der Waals surface area contributed by atoms with Crippen LogP contribution in [0.4, 0.5) is 10.5 Å². The van der Waals surface area contributed by atoms with Crippen LogP contribution in [0.25, 0.3) is 11.4 Å². The van der Waals surface area contributed by atoms with Crippen LogP contribution in [0.5, 0.6) is 17.2 Å². The van der Waals surface area contributed by atoms with Gasteiger partial charge in [-0.05, 0) is 73.0 Å². The Hall–Kier alpha value is -5.10. The zero-order valence-electron chi connectivity index (χ0n) is 26.6. The molecule has 0 saturated carbocycles. The third kappa shape index (κ3) is 7.57. The number of primary amides is 1. The van der Waals surface area contributed by atoms with Gasteiger partial charge in [0, 0.05) is 30.2 Å². The van der Waals surface area contributed by atoms with Gasteiger partial charge in [-0.2, -0.15) is 4.98 Å². The number of phenols is 1. The van der Waals surface area contributed by atoms with Gasteiger partial charge in [-0.3, -0.25) is 4.79 Å². The van der Waals surface area contributed by atoms with E-state index in [0.717, 1.165) is 29.7 Å². The molecule has 5 rings (SSSR count). The molecule has 2 heterocycles. The van der Waals surface area contributed by atoms with Crippen LogP contribution in [-0.2, 0) is 17.8 Å². The summed E-state index contributed by atoms with van der Waals surface area (Å²) in [6, 6.07) is 18.0. The van der Waals surface area contributed by atoms with Gasteiger partial charge in [-0.25, -0.2) is 4.79 Å². The Labute approximate surface area is 268 Å². The maximum absolute atomic E-state index is 14.2. The Morgan fingerprint density at radius 3 is 2.39 bits per heavy atom. The van der Waals surface area contributed by atoms with E-state index in [1.54, 1.807) is 74.6 Å². The number of piperidine rings is 1. The van der Waals surface area contributed by atoms with E-state index in [1.165, 1.54) is 0 Å². The first-order chi connectivity index (χ1) is 22.1. The molecule has 0 bridgehead atoms. The number of carbonyl (C=O) groups excluding carboxylic acids is 2. The average molecular weight is 630 g/mol. The number of nitrogens with two attached hydrogens (primary N) is 1. The number of hydrogen-bond donors (Lipinski definition) is 3. The first-order valence-electron chi connectivity index (χ1n) is 15.2. The van der Waals surface area contributed by atoms with Crippen molar-refractivity contribution in [2.45, 2.75) is 44.8 Å². The van der Waals surface area contributed by atoms with Crippen LogP contribution < -0.4 is 20.5 Å². The number of aromatic nitrogens is 2. The average Bonchev–Trinajstić information content (AvgIpc) is 3.48. The normalized spacial score (nSPS) is 18.4. The first-order valence-corrected chi connectivity index (χ1v) is 15.2. The van der Waals surface area contributed by atoms with Crippen molar-refractivity contribution in [3.05, 3.63) is 83.7 Å². The number of amides is 3. The highest BCUT2D eigenvalue weighted by atomic mass is 16.5. The molecule has 0 aliphatic carbocycles. The summed E-state index contributed by atoms with van der Waals surface area (Å²) in [5.41, 5.74) is 9.16. The Morgan fingerprint density at radius 2 is 1.76 bits per heavy atom. The smallest absolute Gasteiger partial charge is 0.323 e. The SMILES string of the molecule is COc1ccc(C[N+]2(C)CCC[C@@H](N(C(=O)Nc3ccc(-c4noc(C)n4)cc3)[C@@H](Cc3ccc(O)cc3)C(N)=O)C2)cc1OC. The minimum absolute atomic E-state index is 0.115. The Morgan fingerprint density at radius 1 is 1.07 bits per heavy atom. The summed E-state index contributed by atoms with van der Waals surface area (Å²) in [4.78, 5) is 33.1. The van der Waals surface area contributed by atoms with Crippen LogP contribution in [0.1, 0.15) is 29.9 Å². The molecule has 0 radical (unpaired) electrons. The number of nitrogens with zero attached hydrogens (tertiary/aromatic N) is 4. The number of likely N-dealkylation sites (tertiary alicyclic amines) is 1. The molecule has 1 unspecified atom stereocenters. The molecule has 3 atom stereocenters. The second-order valence-electron chi connectivity index (χ2n) is 12.0. The fourth-order valence-corrected chi connectivity index (χ4v) is 6.25. The molecular formula is C34H41N6O6+. The van der Waals surface area contributed by atoms with Gasteiger partial charge in [0.1, 0.15) is 18.3 Å². The third-order valence-electron chi connectivity index (χ3n) is 8.48.